The molecule has 0 bridgehead atoms. The fourth-order valence-electron chi connectivity index (χ4n) is 2.28. The molecule has 23 heavy (non-hydrogen) atoms. The Morgan fingerprint density at radius 3 is 2.70 bits per heavy atom. The van der Waals surface area contributed by atoms with Crippen molar-refractivity contribution in [3.63, 3.8) is 0 Å². The number of nitrogens with one attached hydrogen (secondary N) is 2. The fraction of sp³-hybridized carbons (Fsp3) is 0.0588. The quantitative estimate of drug-likeness (QED) is 0.536. The molecule has 0 aliphatic heterocycles. The number of hydrogen-bond donors (Lipinski definition) is 2. The fourth-order valence-corrected chi connectivity index (χ4v) is 2.73. The van der Waals surface area contributed by atoms with Crippen molar-refractivity contribution in [2.24, 2.45) is 0 Å². The normalized spacial score (nSPS) is 10.5. The molecule has 116 valence electrons. The van der Waals surface area contributed by atoms with Gasteiger partial charge in [0.2, 0.25) is 0 Å². The van der Waals surface area contributed by atoms with Gasteiger partial charge in [-0.2, -0.15) is 0 Å². The number of rotatable bonds is 3. The summed E-state index contributed by atoms with van der Waals surface area (Å²) in [5.41, 5.74) is 2.06. The van der Waals surface area contributed by atoms with Crippen molar-refractivity contribution in [3.05, 3.63) is 58.7 Å². The number of amides is 1. The molecular weight excluding hydrogens is 360 g/mol. The Labute approximate surface area is 140 Å². The van der Waals surface area contributed by atoms with Crippen molar-refractivity contribution in [2.75, 3.05) is 5.32 Å². The average molecular weight is 373 g/mol. The molecule has 1 aromatic heterocycles. The predicted molar refractivity (Wildman–Crippen MR) is 91.7 cm³/mol. The minimum absolute atomic E-state index is 0.219. The first-order valence-electron chi connectivity index (χ1n) is 6.90. The largest absolute Gasteiger partial charge is 0.427 e. The summed E-state index contributed by atoms with van der Waals surface area (Å²) in [6.45, 7) is 1.33. The molecule has 0 aliphatic carbocycles. The Hall–Kier alpha value is -2.60. The van der Waals surface area contributed by atoms with E-state index < -0.39 is 5.97 Å². The number of H-pyrrole nitrogens is 1. The molecule has 5 nitrogen and oxygen atoms in total. The van der Waals surface area contributed by atoms with Crippen LogP contribution in [0.2, 0.25) is 0 Å². The molecule has 0 saturated carbocycles. The van der Waals surface area contributed by atoms with Crippen LogP contribution < -0.4 is 10.1 Å². The number of hydrogen-bond acceptors (Lipinski definition) is 3. The van der Waals surface area contributed by atoms with Crippen molar-refractivity contribution in [2.45, 2.75) is 6.92 Å². The van der Waals surface area contributed by atoms with E-state index >= 15 is 0 Å². The third-order valence-corrected chi connectivity index (χ3v) is 3.94. The molecule has 0 fully saturated rings. The van der Waals surface area contributed by atoms with Crippen LogP contribution in [0.25, 0.3) is 10.9 Å². The molecule has 1 heterocycles. The lowest BCUT2D eigenvalue weighted by Gasteiger charge is -2.09. The molecule has 0 saturated heterocycles. The third kappa shape index (κ3) is 3.27. The first-order valence-corrected chi connectivity index (χ1v) is 7.69. The smallest absolute Gasteiger partial charge is 0.308 e. The van der Waals surface area contributed by atoms with Crippen molar-refractivity contribution >= 4 is 44.4 Å². The first kappa shape index (κ1) is 15.3. The summed E-state index contributed by atoms with van der Waals surface area (Å²) in [7, 11) is 0. The van der Waals surface area contributed by atoms with E-state index in [2.05, 4.69) is 26.2 Å². The molecule has 2 aromatic carbocycles. The van der Waals surface area contributed by atoms with E-state index in [0.29, 0.717) is 21.5 Å². The number of benzene rings is 2. The molecule has 1 amide bonds. The van der Waals surface area contributed by atoms with E-state index in [0.717, 1.165) is 10.9 Å². The number of anilines is 1. The Morgan fingerprint density at radius 1 is 1.17 bits per heavy atom. The first-order chi connectivity index (χ1) is 11.0. The minimum atomic E-state index is -0.396. The summed E-state index contributed by atoms with van der Waals surface area (Å²) in [6, 6.07) is 12.5. The summed E-state index contributed by atoms with van der Waals surface area (Å²) in [5.74, 6) is -0.203. The van der Waals surface area contributed by atoms with Gasteiger partial charge < -0.3 is 15.0 Å². The summed E-state index contributed by atoms with van der Waals surface area (Å²) in [5, 5.41) is 3.70. The second-order valence-electron chi connectivity index (χ2n) is 4.94. The van der Waals surface area contributed by atoms with Crippen LogP contribution in [-0.4, -0.2) is 16.9 Å². The maximum Gasteiger partial charge on any atom is 0.308 e. The van der Waals surface area contributed by atoms with Gasteiger partial charge in [-0.05, 0) is 40.2 Å². The molecule has 6 heteroatoms. The summed E-state index contributed by atoms with van der Waals surface area (Å²) in [4.78, 5) is 26.5. The Balaban J connectivity index is 1.84. The number of carbonyl (C=O) groups is 2. The van der Waals surface area contributed by atoms with Gasteiger partial charge in [-0.1, -0.05) is 18.2 Å². The zero-order valence-corrected chi connectivity index (χ0v) is 13.8. The minimum Gasteiger partial charge on any atom is -0.427 e. The van der Waals surface area contributed by atoms with Gasteiger partial charge in [0.15, 0.2) is 0 Å². The topological polar surface area (TPSA) is 71.2 Å². The van der Waals surface area contributed by atoms with Gasteiger partial charge in [-0.15, -0.1) is 0 Å². The number of para-hydroxylation sites is 1. The molecule has 3 rings (SSSR count). The van der Waals surface area contributed by atoms with Crippen LogP contribution in [0, 0.1) is 0 Å². The van der Waals surface area contributed by atoms with E-state index in [1.807, 2.05) is 24.3 Å². The van der Waals surface area contributed by atoms with E-state index in [9.17, 15) is 9.59 Å². The monoisotopic (exact) mass is 372 g/mol. The average Bonchev–Trinajstić information content (AvgIpc) is 2.93. The number of esters is 1. The number of aromatic amines is 1. The van der Waals surface area contributed by atoms with E-state index in [4.69, 9.17) is 4.74 Å². The predicted octanol–water partition coefficient (Wildman–Crippen LogP) is 4.11. The van der Waals surface area contributed by atoms with Crippen LogP contribution in [0.5, 0.6) is 5.75 Å². The van der Waals surface area contributed by atoms with E-state index in [1.165, 1.54) is 6.92 Å². The molecule has 3 aromatic rings. The van der Waals surface area contributed by atoms with Gasteiger partial charge in [-0.3, -0.25) is 9.59 Å². The third-order valence-electron chi connectivity index (χ3n) is 3.28. The zero-order chi connectivity index (χ0) is 16.4. The zero-order valence-electron chi connectivity index (χ0n) is 12.2. The maximum atomic E-state index is 12.5. The highest BCUT2D eigenvalue weighted by Crippen LogP contribution is 2.28. The lowest BCUT2D eigenvalue weighted by molar-refractivity contribution is -0.131. The van der Waals surface area contributed by atoms with Crippen molar-refractivity contribution < 1.29 is 14.3 Å². The highest BCUT2D eigenvalue weighted by Gasteiger charge is 2.13. The van der Waals surface area contributed by atoms with Crippen LogP contribution in [0.1, 0.15) is 17.3 Å². The van der Waals surface area contributed by atoms with Crippen LogP contribution in [0.4, 0.5) is 5.69 Å². The number of carbonyl (C=O) groups excluding carboxylic acids is 2. The van der Waals surface area contributed by atoms with Gasteiger partial charge >= 0.3 is 5.97 Å². The standard InChI is InChI=1S/C17H13BrN2O3/c1-10(21)23-11-6-7-16(14(18)8-11)20-17(22)13-9-19-15-5-3-2-4-12(13)15/h2-9,19H,1H3,(H,20,22). The second-order valence-corrected chi connectivity index (χ2v) is 5.79. The maximum absolute atomic E-state index is 12.5. The van der Waals surface area contributed by atoms with Crippen molar-refractivity contribution in [1.29, 1.82) is 0 Å². The highest BCUT2D eigenvalue weighted by molar-refractivity contribution is 9.10. The SMILES string of the molecule is CC(=O)Oc1ccc(NC(=O)c2c[nH]c3ccccc23)c(Br)c1. The Bertz CT molecular complexity index is 902. The molecular formula is C17H13BrN2O3. The summed E-state index contributed by atoms with van der Waals surface area (Å²) < 4.78 is 5.63. The molecule has 0 aliphatic rings. The van der Waals surface area contributed by atoms with Crippen molar-refractivity contribution in [3.8, 4) is 5.75 Å². The lowest BCUT2D eigenvalue weighted by atomic mass is 10.1. The summed E-state index contributed by atoms with van der Waals surface area (Å²) in [6.07, 6.45) is 1.68. The lowest BCUT2D eigenvalue weighted by Crippen LogP contribution is -2.12. The van der Waals surface area contributed by atoms with E-state index in [-0.39, 0.29) is 5.91 Å². The number of halogens is 1. The number of ether oxygens (including phenoxy) is 1. The summed E-state index contributed by atoms with van der Waals surface area (Å²) >= 11 is 3.36. The van der Waals surface area contributed by atoms with Crippen LogP contribution in [-0.2, 0) is 4.79 Å². The number of aromatic nitrogens is 1. The molecule has 0 spiro atoms. The molecule has 0 unspecified atom stereocenters. The Kier molecular flexibility index (Phi) is 4.16. The second kappa shape index (κ2) is 6.26. The van der Waals surface area contributed by atoms with Gasteiger partial charge in [0.05, 0.1) is 11.3 Å². The van der Waals surface area contributed by atoms with Crippen LogP contribution >= 0.6 is 15.9 Å². The van der Waals surface area contributed by atoms with Crippen LogP contribution in [0.15, 0.2) is 53.1 Å². The van der Waals surface area contributed by atoms with Gasteiger partial charge in [0.25, 0.3) is 5.91 Å². The molecule has 2 N–H and O–H groups in total. The molecule has 0 radical (unpaired) electrons. The van der Waals surface area contributed by atoms with Crippen LogP contribution in [0.3, 0.4) is 0 Å². The van der Waals surface area contributed by atoms with Gasteiger partial charge in [0.1, 0.15) is 5.75 Å². The molecule has 0 atom stereocenters. The van der Waals surface area contributed by atoms with Crippen molar-refractivity contribution in [1.82, 2.24) is 4.98 Å². The van der Waals surface area contributed by atoms with E-state index in [1.54, 1.807) is 24.4 Å². The van der Waals surface area contributed by atoms with Gasteiger partial charge in [-0.25, -0.2) is 0 Å². The van der Waals surface area contributed by atoms with Gasteiger partial charge in [0, 0.05) is 28.5 Å². The Morgan fingerprint density at radius 2 is 1.96 bits per heavy atom. The highest BCUT2D eigenvalue weighted by atomic mass is 79.9. The number of fused-ring (bicyclic) bond motifs is 1.